The molecular formula is C15H21N3O. The van der Waals surface area contributed by atoms with Gasteiger partial charge in [0.1, 0.15) is 0 Å². The maximum absolute atomic E-state index is 5.38. The average Bonchev–Trinajstić information content (AvgIpc) is 2.85. The zero-order chi connectivity index (χ0) is 13.5. The van der Waals surface area contributed by atoms with E-state index in [0.717, 1.165) is 18.8 Å². The van der Waals surface area contributed by atoms with Crippen molar-refractivity contribution in [3.8, 4) is 0 Å². The van der Waals surface area contributed by atoms with Gasteiger partial charge < -0.3 is 10.1 Å². The highest BCUT2D eigenvalue weighted by Gasteiger charge is 2.04. The summed E-state index contributed by atoms with van der Waals surface area (Å²) in [6.45, 7) is 6.36. The lowest BCUT2D eigenvalue weighted by atomic mass is 10.2. The molecule has 4 nitrogen and oxygen atoms in total. The summed E-state index contributed by atoms with van der Waals surface area (Å²) in [5.41, 5.74) is 2.28. The maximum Gasteiger partial charge on any atom is 0.0729 e. The van der Waals surface area contributed by atoms with E-state index in [1.54, 1.807) is 0 Å². The van der Waals surface area contributed by atoms with E-state index in [1.807, 2.05) is 42.2 Å². The van der Waals surface area contributed by atoms with Gasteiger partial charge in [-0.25, -0.2) is 0 Å². The summed E-state index contributed by atoms with van der Waals surface area (Å²) in [5.74, 6) is 0. The summed E-state index contributed by atoms with van der Waals surface area (Å²) in [6, 6.07) is 10.6. The Morgan fingerprint density at radius 2 is 2.11 bits per heavy atom. The predicted molar refractivity (Wildman–Crippen MR) is 77.3 cm³/mol. The van der Waals surface area contributed by atoms with Crippen molar-refractivity contribution in [1.82, 2.24) is 9.78 Å². The molecule has 0 aliphatic heterocycles. The zero-order valence-corrected chi connectivity index (χ0v) is 11.5. The first kappa shape index (κ1) is 13.6. The standard InChI is InChI=1S/C15H21N3O/c1-3-19-12-13(2)17-15-9-16-18(11-15)10-14-7-5-4-6-8-14/h4-9,11,13,17H,3,10,12H2,1-2H3. The molecule has 1 N–H and O–H groups in total. The van der Waals surface area contributed by atoms with Crippen LogP contribution in [-0.2, 0) is 11.3 Å². The minimum atomic E-state index is 0.286. The molecule has 1 aromatic carbocycles. The first-order valence-corrected chi connectivity index (χ1v) is 6.68. The predicted octanol–water partition coefficient (Wildman–Crippen LogP) is 2.77. The molecule has 2 rings (SSSR count). The molecule has 0 aliphatic rings. The minimum absolute atomic E-state index is 0.286. The number of hydrogen-bond acceptors (Lipinski definition) is 3. The molecule has 102 valence electrons. The van der Waals surface area contributed by atoms with Gasteiger partial charge in [-0.3, -0.25) is 4.68 Å². The first-order valence-electron chi connectivity index (χ1n) is 6.68. The summed E-state index contributed by atoms with van der Waals surface area (Å²) in [5, 5.41) is 7.73. The second kappa shape index (κ2) is 6.95. The van der Waals surface area contributed by atoms with Crippen LogP contribution in [0.4, 0.5) is 5.69 Å². The number of nitrogens with one attached hydrogen (secondary N) is 1. The van der Waals surface area contributed by atoms with Gasteiger partial charge in [0.25, 0.3) is 0 Å². The zero-order valence-electron chi connectivity index (χ0n) is 11.5. The third-order valence-electron chi connectivity index (χ3n) is 2.81. The second-order valence-corrected chi connectivity index (χ2v) is 4.62. The van der Waals surface area contributed by atoms with Gasteiger partial charge in [-0.15, -0.1) is 0 Å². The molecule has 4 heteroatoms. The van der Waals surface area contributed by atoms with E-state index in [1.165, 1.54) is 5.56 Å². The van der Waals surface area contributed by atoms with E-state index < -0.39 is 0 Å². The van der Waals surface area contributed by atoms with Crippen molar-refractivity contribution in [2.45, 2.75) is 26.4 Å². The quantitative estimate of drug-likeness (QED) is 0.831. The Morgan fingerprint density at radius 1 is 1.32 bits per heavy atom. The fourth-order valence-corrected chi connectivity index (χ4v) is 1.92. The van der Waals surface area contributed by atoms with Crippen molar-refractivity contribution in [3.63, 3.8) is 0 Å². The number of hydrogen-bond donors (Lipinski definition) is 1. The van der Waals surface area contributed by atoms with E-state index in [0.29, 0.717) is 6.61 Å². The molecule has 0 saturated heterocycles. The van der Waals surface area contributed by atoms with E-state index in [4.69, 9.17) is 4.74 Å². The molecule has 1 aromatic heterocycles. The third kappa shape index (κ3) is 4.41. The second-order valence-electron chi connectivity index (χ2n) is 4.62. The van der Waals surface area contributed by atoms with Crippen LogP contribution < -0.4 is 5.32 Å². The highest BCUT2D eigenvalue weighted by Crippen LogP contribution is 2.09. The van der Waals surface area contributed by atoms with Gasteiger partial charge in [0.15, 0.2) is 0 Å². The Bertz CT molecular complexity index is 481. The highest BCUT2D eigenvalue weighted by molar-refractivity contribution is 5.39. The van der Waals surface area contributed by atoms with Crippen molar-refractivity contribution >= 4 is 5.69 Å². The van der Waals surface area contributed by atoms with Crippen LogP contribution in [0, 0.1) is 0 Å². The van der Waals surface area contributed by atoms with Crippen LogP contribution in [0.1, 0.15) is 19.4 Å². The molecule has 19 heavy (non-hydrogen) atoms. The van der Waals surface area contributed by atoms with Crippen molar-refractivity contribution in [2.75, 3.05) is 18.5 Å². The van der Waals surface area contributed by atoms with E-state index in [9.17, 15) is 0 Å². The van der Waals surface area contributed by atoms with Crippen LogP contribution in [0.2, 0.25) is 0 Å². The largest absolute Gasteiger partial charge is 0.380 e. The summed E-state index contributed by atoms with van der Waals surface area (Å²) in [4.78, 5) is 0. The topological polar surface area (TPSA) is 39.1 Å². The fourth-order valence-electron chi connectivity index (χ4n) is 1.92. The van der Waals surface area contributed by atoms with Crippen LogP contribution in [0.3, 0.4) is 0 Å². The lowest BCUT2D eigenvalue weighted by Crippen LogP contribution is -2.21. The van der Waals surface area contributed by atoms with E-state index in [2.05, 4.69) is 29.5 Å². The smallest absolute Gasteiger partial charge is 0.0729 e. The summed E-state index contributed by atoms with van der Waals surface area (Å²) >= 11 is 0. The van der Waals surface area contributed by atoms with Crippen LogP contribution in [0.25, 0.3) is 0 Å². The van der Waals surface area contributed by atoms with Crippen LogP contribution in [0.15, 0.2) is 42.7 Å². The Labute approximate surface area is 114 Å². The van der Waals surface area contributed by atoms with Crippen molar-refractivity contribution in [2.24, 2.45) is 0 Å². The number of rotatable bonds is 7. The van der Waals surface area contributed by atoms with Gasteiger partial charge in [-0.1, -0.05) is 30.3 Å². The molecule has 0 radical (unpaired) electrons. The normalized spacial score (nSPS) is 12.3. The van der Waals surface area contributed by atoms with E-state index >= 15 is 0 Å². The van der Waals surface area contributed by atoms with Gasteiger partial charge in [0.05, 0.1) is 25.0 Å². The Morgan fingerprint density at radius 3 is 2.84 bits per heavy atom. The number of nitrogens with zero attached hydrogens (tertiary/aromatic N) is 2. The number of anilines is 1. The highest BCUT2D eigenvalue weighted by atomic mass is 16.5. The Kier molecular flexibility index (Phi) is 4.98. The molecule has 0 bridgehead atoms. The number of benzene rings is 1. The lowest BCUT2D eigenvalue weighted by Gasteiger charge is -2.12. The minimum Gasteiger partial charge on any atom is -0.380 e. The summed E-state index contributed by atoms with van der Waals surface area (Å²) in [7, 11) is 0. The van der Waals surface area contributed by atoms with Crippen molar-refractivity contribution in [3.05, 3.63) is 48.3 Å². The Hall–Kier alpha value is -1.81. The monoisotopic (exact) mass is 259 g/mol. The van der Waals surface area contributed by atoms with E-state index in [-0.39, 0.29) is 6.04 Å². The molecule has 1 unspecified atom stereocenters. The molecule has 1 heterocycles. The Balaban J connectivity index is 1.88. The SMILES string of the molecule is CCOCC(C)Nc1cnn(Cc2ccccc2)c1. The maximum atomic E-state index is 5.38. The fraction of sp³-hybridized carbons (Fsp3) is 0.400. The molecule has 0 aliphatic carbocycles. The molecular weight excluding hydrogens is 238 g/mol. The number of aromatic nitrogens is 2. The molecule has 0 spiro atoms. The first-order chi connectivity index (χ1) is 9.28. The van der Waals surface area contributed by atoms with Crippen molar-refractivity contribution in [1.29, 1.82) is 0 Å². The van der Waals surface area contributed by atoms with Crippen LogP contribution in [-0.4, -0.2) is 29.0 Å². The number of ether oxygens (including phenoxy) is 1. The van der Waals surface area contributed by atoms with Crippen LogP contribution in [0.5, 0.6) is 0 Å². The molecule has 2 aromatic rings. The molecule has 0 amide bonds. The average molecular weight is 259 g/mol. The summed E-state index contributed by atoms with van der Waals surface area (Å²) < 4.78 is 7.32. The van der Waals surface area contributed by atoms with Gasteiger partial charge in [-0.05, 0) is 19.4 Å². The van der Waals surface area contributed by atoms with Gasteiger partial charge >= 0.3 is 0 Å². The lowest BCUT2D eigenvalue weighted by molar-refractivity contribution is 0.141. The van der Waals surface area contributed by atoms with Gasteiger partial charge in [-0.2, -0.15) is 5.10 Å². The molecule has 0 saturated carbocycles. The molecule has 1 atom stereocenters. The van der Waals surface area contributed by atoms with Crippen LogP contribution >= 0.6 is 0 Å². The summed E-state index contributed by atoms with van der Waals surface area (Å²) in [6.07, 6.45) is 3.88. The van der Waals surface area contributed by atoms with Gasteiger partial charge in [0.2, 0.25) is 0 Å². The van der Waals surface area contributed by atoms with Crippen molar-refractivity contribution < 1.29 is 4.74 Å². The van der Waals surface area contributed by atoms with Gasteiger partial charge in [0, 0.05) is 18.8 Å². The third-order valence-corrected chi connectivity index (χ3v) is 2.81. The molecule has 0 fully saturated rings.